The van der Waals surface area contributed by atoms with Crippen LogP contribution in [-0.2, 0) is 7.05 Å². The van der Waals surface area contributed by atoms with Crippen molar-refractivity contribution in [3.63, 3.8) is 0 Å². The Morgan fingerprint density at radius 1 is 1.33 bits per heavy atom. The molecule has 0 aliphatic heterocycles. The van der Waals surface area contributed by atoms with Crippen LogP contribution in [0.25, 0.3) is 22.2 Å². The molecule has 0 N–H and O–H groups in total. The maximum Gasteiger partial charge on any atom is 0.190 e. The molecular formula is C13H9ClN6S. The number of thiazole rings is 1. The molecule has 0 unspecified atom stereocenters. The van der Waals surface area contributed by atoms with Crippen LogP contribution in [-0.4, -0.2) is 24.5 Å². The molecule has 0 aliphatic carbocycles. The van der Waals surface area contributed by atoms with Crippen LogP contribution in [0.3, 0.4) is 0 Å². The molecule has 0 amide bonds. The van der Waals surface area contributed by atoms with Crippen LogP contribution in [0, 0.1) is 18.3 Å². The number of nitriles is 1. The molecule has 0 fully saturated rings. The predicted molar refractivity (Wildman–Crippen MR) is 79.8 cm³/mol. The summed E-state index contributed by atoms with van der Waals surface area (Å²) in [5, 5.41) is 11.9. The molecule has 3 rings (SSSR count). The van der Waals surface area contributed by atoms with Gasteiger partial charge in [-0.3, -0.25) is 0 Å². The lowest BCUT2D eigenvalue weighted by molar-refractivity contribution is 0.860. The van der Waals surface area contributed by atoms with Gasteiger partial charge < -0.3 is 4.57 Å². The molecule has 0 bridgehead atoms. The molecule has 0 saturated carbocycles. The normalized spacial score (nSPS) is 10.6. The van der Waals surface area contributed by atoms with Crippen LogP contribution in [0.15, 0.2) is 17.8 Å². The first-order chi connectivity index (χ1) is 10.1. The van der Waals surface area contributed by atoms with Crippen molar-refractivity contribution in [1.82, 2.24) is 24.5 Å². The van der Waals surface area contributed by atoms with Gasteiger partial charge in [0.1, 0.15) is 23.2 Å². The minimum absolute atomic E-state index is 0.117. The molecule has 0 atom stereocenters. The largest absolute Gasteiger partial charge is 0.330 e. The van der Waals surface area contributed by atoms with Crippen LogP contribution in [0.5, 0.6) is 0 Å². The van der Waals surface area contributed by atoms with E-state index in [9.17, 15) is 5.26 Å². The van der Waals surface area contributed by atoms with Crippen molar-refractivity contribution in [2.75, 3.05) is 0 Å². The van der Waals surface area contributed by atoms with Crippen LogP contribution in [0.4, 0.5) is 0 Å². The van der Waals surface area contributed by atoms with Gasteiger partial charge in [0, 0.05) is 18.6 Å². The highest BCUT2D eigenvalue weighted by Crippen LogP contribution is 2.29. The Balaban J connectivity index is 2.28. The lowest BCUT2D eigenvalue weighted by atomic mass is 10.2. The summed E-state index contributed by atoms with van der Waals surface area (Å²) in [6.07, 6.45) is 3.34. The van der Waals surface area contributed by atoms with Crippen molar-refractivity contribution in [3.8, 4) is 28.3 Å². The maximum absolute atomic E-state index is 9.32. The van der Waals surface area contributed by atoms with E-state index in [0.717, 1.165) is 5.82 Å². The van der Waals surface area contributed by atoms with Gasteiger partial charge in [0.25, 0.3) is 0 Å². The average Bonchev–Trinajstić information content (AvgIpc) is 3.10. The van der Waals surface area contributed by atoms with E-state index in [-0.39, 0.29) is 10.7 Å². The zero-order chi connectivity index (χ0) is 15.0. The van der Waals surface area contributed by atoms with E-state index < -0.39 is 0 Å². The molecule has 8 heteroatoms. The first-order valence-corrected chi connectivity index (χ1v) is 7.23. The summed E-state index contributed by atoms with van der Waals surface area (Å²) in [7, 11) is 1.86. The Hall–Kier alpha value is -2.30. The summed E-state index contributed by atoms with van der Waals surface area (Å²) in [4.78, 5) is 17.0. The number of nitrogens with zero attached hydrogens (tertiary/aromatic N) is 6. The quantitative estimate of drug-likeness (QED) is 0.679. The van der Waals surface area contributed by atoms with Crippen molar-refractivity contribution in [2.45, 2.75) is 6.92 Å². The molecule has 6 nitrogen and oxygen atoms in total. The Kier molecular flexibility index (Phi) is 3.41. The summed E-state index contributed by atoms with van der Waals surface area (Å²) in [5.74, 6) is 1.22. The monoisotopic (exact) mass is 316 g/mol. The number of aryl methyl sites for hydroxylation is 1. The lowest BCUT2D eigenvalue weighted by Gasteiger charge is -2.07. The number of imidazole rings is 1. The molecule has 3 aromatic heterocycles. The Morgan fingerprint density at radius 2 is 2.14 bits per heavy atom. The fourth-order valence-electron chi connectivity index (χ4n) is 1.87. The Bertz CT molecular complexity index is 846. The van der Waals surface area contributed by atoms with Gasteiger partial charge in [0.05, 0.1) is 11.9 Å². The number of aromatic nitrogens is 5. The molecule has 21 heavy (non-hydrogen) atoms. The first kappa shape index (κ1) is 13.7. The van der Waals surface area contributed by atoms with Crippen molar-refractivity contribution < 1.29 is 0 Å². The third-order valence-electron chi connectivity index (χ3n) is 3.06. The molecule has 0 spiro atoms. The van der Waals surface area contributed by atoms with E-state index >= 15 is 0 Å². The van der Waals surface area contributed by atoms with Gasteiger partial charge in [-0.05, 0) is 6.92 Å². The zero-order valence-electron chi connectivity index (χ0n) is 11.2. The standard InChI is InChI=1S/C13H9ClN6S/c1-7-17-6-9(20(7)2)10-8(5-15)11(14)19-12(18-10)13-16-3-4-21-13/h3-4,6H,1-2H3. The molecule has 104 valence electrons. The number of hydrogen-bond donors (Lipinski definition) is 0. The van der Waals surface area contributed by atoms with E-state index in [4.69, 9.17) is 11.6 Å². The molecule has 0 saturated heterocycles. The van der Waals surface area contributed by atoms with Gasteiger partial charge in [-0.25, -0.2) is 19.9 Å². The van der Waals surface area contributed by atoms with E-state index in [2.05, 4.69) is 26.0 Å². The SMILES string of the molecule is Cc1ncc(-c2nc(-c3nccs3)nc(Cl)c2C#N)n1C. The van der Waals surface area contributed by atoms with Gasteiger partial charge in [0.2, 0.25) is 0 Å². The summed E-state index contributed by atoms with van der Waals surface area (Å²) in [6, 6.07) is 2.06. The van der Waals surface area contributed by atoms with Crippen LogP contribution >= 0.6 is 22.9 Å². The number of hydrogen-bond acceptors (Lipinski definition) is 6. The second kappa shape index (κ2) is 5.24. The highest BCUT2D eigenvalue weighted by atomic mass is 35.5. The summed E-state index contributed by atoms with van der Waals surface area (Å²) >= 11 is 7.55. The minimum Gasteiger partial charge on any atom is -0.330 e. The third-order valence-corrected chi connectivity index (χ3v) is 4.11. The summed E-state index contributed by atoms with van der Waals surface area (Å²) in [5.41, 5.74) is 1.41. The van der Waals surface area contributed by atoms with Crippen LogP contribution < -0.4 is 0 Å². The number of rotatable bonds is 2. The fraction of sp³-hybridized carbons (Fsp3) is 0.154. The predicted octanol–water partition coefficient (Wildman–Crippen LogP) is 2.83. The Labute approximate surface area is 129 Å². The van der Waals surface area contributed by atoms with Crippen molar-refractivity contribution in [1.29, 1.82) is 5.26 Å². The smallest absolute Gasteiger partial charge is 0.190 e. The van der Waals surface area contributed by atoms with Gasteiger partial charge in [0.15, 0.2) is 16.0 Å². The highest BCUT2D eigenvalue weighted by Gasteiger charge is 2.19. The van der Waals surface area contributed by atoms with Crippen LogP contribution in [0.1, 0.15) is 11.4 Å². The average molecular weight is 317 g/mol. The summed E-state index contributed by atoms with van der Waals surface area (Å²) in [6.45, 7) is 1.88. The topological polar surface area (TPSA) is 80.3 Å². The Morgan fingerprint density at radius 3 is 2.71 bits per heavy atom. The summed E-state index contributed by atoms with van der Waals surface area (Å²) < 4.78 is 1.85. The first-order valence-electron chi connectivity index (χ1n) is 5.98. The number of halogens is 1. The molecule has 0 radical (unpaired) electrons. The second-order valence-corrected chi connectivity index (χ2v) is 5.51. The zero-order valence-corrected chi connectivity index (χ0v) is 12.8. The van der Waals surface area contributed by atoms with E-state index in [1.807, 2.05) is 23.9 Å². The van der Waals surface area contributed by atoms with E-state index in [1.165, 1.54) is 11.3 Å². The van der Waals surface area contributed by atoms with Gasteiger partial charge >= 0.3 is 0 Å². The van der Waals surface area contributed by atoms with E-state index in [1.54, 1.807) is 12.4 Å². The van der Waals surface area contributed by atoms with Crippen LogP contribution in [0.2, 0.25) is 5.15 Å². The molecule has 0 aromatic carbocycles. The van der Waals surface area contributed by atoms with Gasteiger partial charge in [-0.15, -0.1) is 11.3 Å². The molecule has 0 aliphatic rings. The fourth-order valence-corrected chi connectivity index (χ4v) is 2.65. The molecular weight excluding hydrogens is 308 g/mol. The van der Waals surface area contributed by atoms with Gasteiger partial charge in [-0.1, -0.05) is 11.6 Å². The van der Waals surface area contributed by atoms with E-state index in [0.29, 0.717) is 22.2 Å². The van der Waals surface area contributed by atoms with Crippen molar-refractivity contribution in [3.05, 3.63) is 34.3 Å². The van der Waals surface area contributed by atoms with Crippen molar-refractivity contribution in [2.24, 2.45) is 7.05 Å². The minimum atomic E-state index is 0.117. The lowest BCUT2D eigenvalue weighted by Crippen LogP contribution is -2.02. The maximum atomic E-state index is 9.32. The van der Waals surface area contributed by atoms with Crippen molar-refractivity contribution >= 4 is 22.9 Å². The highest BCUT2D eigenvalue weighted by molar-refractivity contribution is 7.13. The third kappa shape index (κ3) is 2.28. The second-order valence-electron chi connectivity index (χ2n) is 4.26. The molecule has 3 heterocycles. The molecule has 3 aromatic rings. The van der Waals surface area contributed by atoms with Gasteiger partial charge in [-0.2, -0.15) is 5.26 Å².